The summed E-state index contributed by atoms with van der Waals surface area (Å²) < 4.78 is 33.8. The Morgan fingerprint density at radius 3 is 2.90 bits per heavy atom. The van der Waals surface area contributed by atoms with Gasteiger partial charge in [-0.3, -0.25) is 14.4 Å². The van der Waals surface area contributed by atoms with Crippen molar-refractivity contribution in [3.8, 4) is 0 Å². The number of methoxy groups -OCH3 is 1. The van der Waals surface area contributed by atoms with Crippen molar-refractivity contribution in [3.05, 3.63) is 35.3 Å². The molecule has 0 saturated carbocycles. The topological polar surface area (TPSA) is 86.1 Å². The summed E-state index contributed by atoms with van der Waals surface area (Å²) in [7, 11) is -2.08. The Morgan fingerprint density at radius 2 is 2.20 bits per heavy atom. The summed E-state index contributed by atoms with van der Waals surface area (Å²) in [5.41, 5.74) is 0.390. The first-order valence-electron chi connectivity index (χ1n) is 5.66. The smallest absolute Gasteiger partial charge is 0.263 e. The van der Waals surface area contributed by atoms with Crippen molar-refractivity contribution in [2.45, 2.75) is 11.4 Å². The number of halogens is 1. The molecule has 2 rings (SSSR count). The molecule has 0 aliphatic rings. The normalized spacial score (nSPS) is 11.5. The lowest BCUT2D eigenvalue weighted by Crippen LogP contribution is -2.13. The number of hydrogen-bond donors (Lipinski definition) is 1. The molecule has 20 heavy (non-hydrogen) atoms. The van der Waals surface area contributed by atoms with Gasteiger partial charge in [0.15, 0.2) is 0 Å². The number of hydrogen-bond acceptors (Lipinski definition) is 5. The van der Waals surface area contributed by atoms with Crippen LogP contribution in [0.3, 0.4) is 0 Å². The Bertz CT molecular complexity index is 686. The van der Waals surface area contributed by atoms with E-state index in [-0.39, 0.29) is 4.90 Å². The Labute approximate surface area is 125 Å². The number of aromatic nitrogens is 3. The number of nitrogens with one attached hydrogen (secondary N) is 1. The van der Waals surface area contributed by atoms with Crippen LogP contribution in [0.15, 0.2) is 40.2 Å². The van der Waals surface area contributed by atoms with E-state index in [9.17, 15) is 8.42 Å². The molecule has 0 unspecified atom stereocenters. The van der Waals surface area contributed by atoms with Gasteiger partial charge in [-0.15, -0.1) is 0 Å². The SMILES string of the molecule is COCCn1cc(NS(=O)(=O)c2cncc(Br)c2)cn1. The van der Waals surface area contributed by atoms with Gasteiger partial charge in [0.25, 0.3) is 10.0 Å². The van der Waals surface area contributed by atoms with Crippen LogP contribution in [0, 0.1) is 0 Å². The van der Waals surface area contributed by atoms with E-state index >= 15 is 0 Å². The second-order valence-electron chi connectivity index (χ2n) is 3.93. The Kier molecular flexibility index (Phi) is 4.73. The van der Waals surface area contributed by atoms with Crippen LogP contribution in [0.2, 0.25) is 0 Å². The van der Waals surface area contributed by atoms with Gasteiger partial charge in [-0.05, 0) is 22.0 Å². The lowest BCUT2D eigenvalue weighted by atomic mass is 10.5. The van der Waals surface area contributed by atoms with Crippen LogP contribution < -0.4 is 4.72 Å². The number of pyridine rings is 1. The van der Waals surface area contributed by atoms with Gasteiger partial charge in [0, 0.05) is 30.2 Å². The quantitative estimate of drug-likeness (QED) is 0.843. The second-order valence-corrected chi connectivity index (χ2v) is 6.53. The van der Waals surface area contributed by atoms with E-state index in [2.05, 4.69) is 30.7 Å². The van der Waals surface area contributed by atoms with Gasteiger partial charge in [0.2, 0.25) is 0 Å². The highest BCUT2D eigenvalue weighted by Gasteiger charge is 2.15. The first-order chi connectivity index (χ1) is 9.51. The van der Waals surface area contributed by atoms with Crippen molar-refractivity contribution < 1.29 is 13.2 Å². The number of anilines is 1. The molecule has 0 saturated heterocycles. The molecule has 0 aliphatic heterocycles. The molecular formula is C11H13BrN4O3S. The third-order valence-corrected chi connectivity index (χ3v) is 4.18. The first kappa shape index (κ1) is 14.9. The maximum atomic E-state index is 12.1. The molecule has 0 spiro atoms. The minimum Gasteiger partial charge on any atom is -0.383 e. The molecule has 1 N–H and O–H groups in total. The van der Waals surface area contributed by atoms with E-state index in [1.807, 2.05) is 0 Å². The van der Waals surface area contributed by atoms with Crippen LogP contribution >= 0.6 is 15.9 Å². The summed E-state index contributed by atoms with van der Waals surface area (Å²) in [6.07, 6.45) is 5.84. The van der Waals surface area contributed by atoms with E-state index in [0.717, 1.165) is 0 Å². The third-order valence-electron chi connectivity index (χ3n) is 2.40. The molecule has 0 radical (unpaired) electrons. The van der Waals surface area contributed by atoms with Gasteiger partial charge in [-0.1, -0.05) is 0 Å². The van der Waals surface area contributed by atoms with Gasteiger partial charge in [-0.25, -0.2) is 8.42 Å². The van der Waals surface area contributed by atoms with E-state index in [1.165, 1.54) is 24.7 Å². The standard InChI is InChI=1S/C11H13BrN4O3S/c1-19-3-2-16-8-10(6-14-16)15-20(17,18)11-4-9(12)5-13-7-11/h4-8,15H,2-3H2,1H3. The fourth-order valence-corrected chi connectivity index (χ4v) is 3.01. The predicted octanol–water partition coefficient (Wildman–Crippen LogP) is 1.49. The Balaban J connectivity index is 2.14. The van der Waals surface area contributed by atoms with Crippen LogP contribution in [0.1, 0.15) is 0 Å². The van der Waals surface area contributed by atoms with Crippen LogP contribution in [0.4, 0.5) is 5.69 Å². The molecule has 2 aromatic rings. The summed E-state index contributed by atoms with van der Waals surface area (Å²) in [5.74, 6) is 0. The molecule has 2 heterocycles. The molecule has 2 aromatic heterocycles. The van der Waals surface area contributed by atoms with Crippen LogP contribution in [0.5, 0.6) is 0 Å². The van der Waals surface area contributed by atoms with Gasteiger partial charge in [0.1, 0.15) is 4.90 Å². The monoisotopic (exact) mass is 360 g/mol. The summed E-state index contributed by atoms with van der Waals surface area (Å²) >= 11 is 3.19. The van der Waals surface area contributed by atoms with Gasteiger partial charge in [-0.2, -0.15) is 5.10 Å². The summed E-state index contributed by atoms with van der Waals surface area (Å²) in [5, 5.41) is 4.03. The summed E-state index contributed by atoms with van der Waals surface area (Å²) in [6, 6.07) is 1.48. The Hall–Kier alpha value is -1.45. The zero-order valence-electron chi connectivity index (χ0n) is 10.7. The number of ether oxygens (including phenoxy) is 1. The number of rotatable bonds is 6. The molecule has 0 fully saturated rings. The van der Waals surface area contributed by atoms with Gasteiger partial charge in [0.05, 0.1) is 25.0 Å². The average molecular weight is 361 g/mol. The van der Waals surface area contributed by atoms with E-state index in [0.29, 0.717) is 23.3 Å². The third kappa shape index (κ3) is 3.78. The minimum absolute atomic E-state index is 0.0801. The number of sulfonamides is 1. The summed E-state index contributed by atoms with van der Waals surface area (Å²) in [6.45, 7) is 1.06. The van der Waals surface area contributed by atoms with E-state index in [1.54, 1.807) is 18.0 Å². The molecule has 0 aliphatic carbocycles. The fraction of sp³-hybridized carbons (Fsp3) is 0.273. The van der Waals surface area contributed by atoms with Crippen LogP contribution in [-0.4, -0.2) is 36.9 Å². The van der Waals surface area contributed by atoms with Crippen molar-refractivity contribution in [1.82, 2.24) is 14.8 Å². The molecular weight excluding hydrogens is 348 g/mol. The molecule has 0 amide bonds. The first-order valence-corrected chi connectivity index (χ1v) is 7.93. The number of nitrogens with zero attached hydrogens (tertiary/aromatic N) is 3. The lowest BCUT2D eigenvalue weighted by molar-refractivity contribution is 0.183. The average Bonchev–Trinajstić information content (AvgIpc) is 2.83. The largest absolute Gasteiger partial charge is 0.383 e. The van der Waals surface area contributed by atoms with Crippen LogP contribution in [-0.2, 0) is 21.3 Å². The highest BCUT2D eigenvalue weighted by molar-refractivity contribution is 9.10. The fourth-order valence-electron chi connectivity index (χ4n) is 1.48. The second kappa shape index (κ2) is 6.33. The van der Waals surface area contributed by atoms with Crippen molar-refractivity contribution in [2.75, 3.05) is 18.4 Å². The molecule has 7 nitrogen and oxygen atoms in total. The van der Waals surface area contributed by atoms with Gasteiger partial charge >= 0.3 is 0 Å². The van der Waals surface area contributed by atoms with E-state index < -0.39 is 10.0 Å². The highest BCUT2D eigenvalue weighted by Crippen LogP contribution is 2.17. The van der Waals surface area contributed by atoms with Crippen molar-refractivity contribution >= 4 is 31.6 Å². The van der Waals surface area contributed by atoms with E-state index in [4.69, 9.17) is 4.74 Å². The molecule has 0 bridgehead atoms. The zero-order valence-corrected chi connectivity index (χ0v) is 13.1. The Morgan fingerprint density at radius 1 is 1.40 bits per heavy atom. The van der Waals surface area contributed by atoms with Crippen molar-refractivity contribution in [1.29, 1.82) is 0 Å². The maximum absolute atomic E-state index is 12.1. The molecule has 0 atom stereocenters. The van der Waals surface area contributed by atoms with Crippen molar-refractivity contribution in [3.63, 3.8) is 0 Å². The zero-order chi connectivity index (χ0) is 14.6. The van der Waals surface area contributed by atoms with Crippen LogP contribution in [0.25, 0.3) is 0 Å². The maximum Gasteiger partial charge on any atom is 0.263 e. The molecule has 108 valence electrons. The predicted molar refractivity (Wildman–Crippen MR) is 76.8 cm³/mol. The van der Waals surface area contributed by atoms with Gasteiger partial charge < -0.3 is 4.74 Å². The molecule has 0 aromatic carbocycles. The highest BCUT2D eigenvalue weighted by atomic mass is 79.9. The summed E-state index contributed by atoms with van der Waals surface area (Å²) in [4.78, 5) is 3.91. The minimum atomic E-state index is -3.67. The van der Waals surface area contributed by atoms with Crippen molar-refractivity contribution in [2.24, 2.45) is 0 Å². The molecule has 9 heteroatoms. The lowest BCUT2D eigenvalue weighted by Gasteiger charge is -2.05.